The van der Waals surface area contributed by atoms with E-state index < -0.39 is 40.0 Å². The Morgan fingerprint density at radius 3 is 2.11 bits per heavy atom. The van der Waals surface area contributed by atoms with Crippen LogP contribution < -0.4 is 0 Å². The second kappa shape index (κ2) is 4.34. The van der Waals surface area contributed by atoms with Gasteiger partial charge in [0.1, 0.15) is 5.60 Å². The molecular formula is C10H18N2O6S. The van der Waals surface area contributed by atoms with Gasteiger partial charge in [-0.05, 0) is 27.7 Å². The molecule has 0 aromatic carbocycles. The van der Waals surface area contributed by atoms with Crippen molar-refractivity contribution in [3.05, 3.63) is 0 Å². The van der Waals surface area contributed by atoms with E-state index >= 15 is 0 Å². The van der Waals surface area contributed by atoms with Gasteiger partial charge in [-0.3, -0.25) is 4.79 Å². The molecule has 1 aliphatic heterocycles. The smallest absolute Gasteiger partial charge is 0.425 e. The van der Waals surface area contributed by atoms with Crippen molar-refractivity contribution in [1.82, 2.24) is 8.61 Å². The van der Waals surface area contributed by atoms with Crippen molar-refractivity contribution in [3.8, 4) is 0 Å². The molecule has 0 aromatic heterocycles. The Kier molecular flexibility index (Phi) is 3.59. The number of hydrogen-bond acceptors (Lipinski definition) is 5. The lowest BCUT2D eigenvalue weighted by Crippen LogP contribution is -2.49. The second-order valence-electron chi connectivity index (χ2n) is 5.54. The summed E-state index contributed by atoms with van der Waals surface area (Å²) in [5, 5.41) is 9.12. The van der Waals surface area contributed by atoms with E-state index in [0.717, 1.165) is 7.05 Å². The second-order valence-corrected chi connectivity index (χ2v) is 7.43. The van der Waals surface area contributed by atoms with Crippen molar-refractivity contribution in [2.45, 2.75) is 38.8 Å². The topological polar surface area (TPSA) is 104 Å². The number of rotatable bonds is 1. The van der Waals surface area contributed by atoms with E-state index in [2.05, 4.69) is 0 Å². The molecule has 0 spiro atoms. The van der Waals surface area contributed by atoms with Crippen molar-refractivity contribution < 1.29 is 27.9 Å². The summed E-state index contributed by atoms with van der Waals surface area (Å²) in [6, 6.07) is 0. The Balaban J connectivity index is 3.12. The van der Waals surface area contributed by atoms with Gasteiger partial charge >= 0.3 is 22.3 Å². The molecule has 0 bridgehead atoms. The zero-order valence-electron chi connectivity index (χ0n) is 11.5. The lowest BCUT2D eigenvalue weighted by atomic mass is 10.0. The van der Waals surface area contributed by atoms with Crippen LogP contribution in [0.2, 0.25) is 0 Å². The van der Waals surface area contributed by atoms with E-state index in [4.69, 9.17) is 9.84 Å². The van der Waals surface area contributed by atoms with Crippen LogP contribution in [0.3, 0.4) is 0 Å². The number of carboxylic acid groups (broad SMARTS) is 1. The van der Waals surface area contributed by atoms with Gasteiger partial charge in [0.25, 0.3) is 0 Å². The minimum absolute atomic E-state index is 0.437. The van der Waals surface area contributed by atoms with Gasteiger partial charge in [0.2, 0.25) is 0 Å². The summed E-state index contributed by atoms with van der Waals surface area (Å²) in [5.41, 5.74) is -2.57. The van der Waals surface area contributed by atoms with Crippen LogP contribution in [0.5, 0.6) is 0 Å². The van der Waals surface area contributed by atoms with E-state index in [-0.39, 0.29) is 0 Å². The largest absolute Gasteiger partial charge is 0.480 e. The number of nitrogens with zero attached hydrogens (tertiary/aromatic N) is 2. The Morgan fingerprint density at radius 2 is 1.79 bits per heavy atom. The summed E-state index contributed by atoms with van der Waals surface area (Å²) in [5.74, 6) is -1.33. The zero-order chi connectivity index (χ0) is 15.2. The molecule has 1 saturated heterocycles. The number of likely N-dealkylation sites (N-methyl/N-ethyl adjacent to an activating group) is 1. The average Bonchev–Trinajstić information content (AvgIpc) is 2.38. The third kappa shape index (κ3) is 2.66. The van der Waals surface area contributed by atoms with Crippen LogP contribution in [0.4, 0.5) is 4.79 Å². The van der Waals surface area contributed by atoms with E-state index in [0.29, 0.717) is 8.61 Å². The van der Waals surface area contributed by atoms with Crippen LogP contribution in [0.25, 0.3) is 0 Å². The van der Waals surface area contributed by atoms with Crippen molar-refractivity contribution in [2.75, 3.05) is 13.6 Å². The molecule has 1 atom stereocenters. The maximum atomic E-state index is 12.0. The summed E-state index contributed by atoms with van der Waals surface area (Å²) < 4.78 is 30.1. The summed E-state index contributed by atoms with van der Waals surface area (Å²) >= 11 is 0. The van der Waals surface area contributed by atoms with Gasteiger partial charge in [0, 0.05) is 7.05 Å². The molecule has 1 unspecified atom stereocenters. The normalized spacial score (nSPS) is 27.3. The molecular weight excluding hydrogens is 276 g/mol. The van der Waals surface area contributed by atoms with Gasteiger partial charge in [-0.2, -0.15) is 17.0 Å². The lowest BCUT2D eigenvalue weighted by molar-refractivity contribution is -0.146. The third-order valence-electron chi connectivity index (χ3n) is 2.83. The van der Waals surface area contributed by atoms with Crippen LogP contribution in [0.1, 0.15) is 27.7 Å². The Morgan fingerprint density at radius 1 is 1.32 bits per heavy atom. The molecule has 1 fully saturated rings. The van der Waals surface area contributed by atoms with Crippen LogP contribution in [-0.2, 0) is 19.7 Å². The molecule has 0 saturated carbocycles. The van der Waals surface area contributed by atoms with Gasteiger partial charge in [0.05, 0.1) is 6.54 Å². The summed E-state index contributed by atoms with van der Waals surface area (Å²) in [6.45, 7) is 5.52. The van der Waals surface area contributed by atoms with E-state index in [1.807, 2.05) is 0 Å². The maximum absolute atomic E-state index is 12.0. The molecule has 1 rings (SSSR count). The Labute approximate surface area is 112 Å². The third-order valence-corrected chi connectivity index (χ3v) is 4.76. The molecule has 0 radical (unpaired) electrons. The van der Waals surface area contributed by atoms with Gasteiger partial charge in [-0.25, -0.2) is 4.79 Å². The highest BCUT2D eigenvalue weighted by Gasteiger charge is 2.57. The predicted octanol–water partition coefficient (Wildman–Crippen LogP) is 0.257. The number of ether oxygens (including phenoxy) is 1. The average molecular weight is 294 g/mol. The van der Waals surface area contributed by atoms with Crippen LogP contribution in [0.15, 0.2) is 0 Å². The summed E-state index contributed by atoms with van der Waals surface area (Å²) in [6.07, 6.45) is -1.08. The van der Waals surface area contributed by atoms with Crippen molar-refractivity contribution in [2.24, 2.45) is 0 Å². The molecule has 1 aliphatic rings. The molecule has 0 aliphatic carbocycles. The molecule has 9 heteroatoms. The van der Waals surface area contributed by atoms with Crippen molar-refractivity contribution in [1.29, 1.82) is 0 Å². The summed E-state index contributed by atoms with van der Waals surface area (Å²) in [7, 11) is -3.06. The fourth-order valence-electron chi connectivity index (χ4n) is 1.54. The molecule has 1 heterocycles. The molecule has 0 aromatic rings. The minimum atomic E-state index is -4.18. The predicted molar refractivity (Wildman–Crippen MR) is 65.7 cm³/mol. The first-order chi connectivity index (χ1) is 8.32. The van der Waals surface area contributed by atoms with Crippen molar-refractivity contribution in [3.63, 3.8) is 0 Å². The first-order valence-electron chi connectivity index (χ1n) is 5.55. The number of aliphatic carboxylic acids is 1. The highest BCUT2D eigenvalue weighted by molar-refractivity contribution is 7.87. The van der Waals surface area contributed by atoms with Gasteiger partial charge in [-0.15, -0.1) is 0 Å². The standard InChI is InChI=1S/C10H18N2O6S/c1-9(2,3)18-8(15)12-6-10(4,7(13)14)11(5)19(12,16)17/h6H2,1-5H3,(H,13,14). The number of carboxylic acids is 1. The fraction of sp³-hybridized carbons (Fsp3) is 0.800. The Hall–Kier alpha value is -1.35. The SMILES string of the molecule is CN1C(C)(C(=O)O)CN(C(=O)OC(C)(C)C)S1(=O)=O. The van der Waals surface area contributed by atoms with Crippen LogP contribution in [0, 0.1) is 0 Å². The first kappa shape index (κ1) is 15.7. The van der Waals surface area contributed by atoms with Gasteiger partial charge in [0.15, 0.2) is 5.54 Å². The monoisotopic (exact) mass is 294 g/mol. The Bertz CT molecular complexity index is 509. The molecule has 1 N–H and O–H groups in total. The summed E-state index contributed by atoms with van der Waals surface area (Å²) in [4.78, 5) is 23.0. The maximum Gasteiger partial charge on any atom is 0.425 e. The van der Waals surface area contributed by atoms with E-state index in [1.54, 1.807) is 20.8 Å². The van der Waals surface area contributed by atoms with E-state index in [1.165, 1.54) is 6.92 Å². The number of carbonyl (C=O) groups excluding carboxylic acids is 1. The van der Waals surface area contributed by atoms with Crippen LogP contribution >= 0.6 is 0 Å². The number of hydrogen-bond donors (Lipinski definition) is 1. The van der Waals surface area contributed by atoms with Gasteiger partial charge < -0.3 is 9.84 Å². The van der Waals surface area contributed by atoms with Crippen LogP contribution in [-0.4, -0.2) is 58.9 Å². The highest BCUT2D eigenvalue weighted by atomic mass is 32.2. The van der Waals surface area contributed by atoms with Gasteiger partial charge in [-0.1, -0.05) is 0 Å². The minimum Gasteiger partial charge on any atom is -0.480 e. The fourth-order valence-corrected chi connectivity index (χ4v) is 3.12. The van der Waals surface area contributed by atoms with E-state index in [9.17, 15) is 18.0 Å². The number of carbonyl (C=O) groups is 2. The first-order valence-corrected chi connectivity index (χ1v) is 6.95. The lowest BCUT2D eigenvalue weighted by Gasteiger charge is -2.23. The van der Waals surface area contributed by atoms with Crippen molar-refractivity contribution >= 4 is 22.3 Å². The molecule has 19 heavy (non-hydrogen) atoms. The molecule has 8 nitrogen and oxygen atoms in total. The molecule has 1 amide bonds. The molecule has 110 valence electrons. The quantitative estimate of drug-likeness (QED) is 0.743. The zero-order valence-corrected chi connectivity index (χ0v) is 12.3. The number of amides is 1. The highest BCUT2D eigenvalue weighted by Crippen LogP contribution is 2.31.